The summed E-state index contributed by atoms with van der Waals surface area (Å²) in [7, 11) is 1.90. The van der Waals surface area contributed by atoms with Crippen LogP contribution in [0.15, 0.2) is 24.3 Å². The lowest BCUT2D eigenvalue weighted by Crippen LogP contribution is -2.06. The largest absolute Gasteiger partial charge is 0.493 e. The van der Waals surface area contributed by atoms with Crippen LogP contribution in [0.3, 0.4) is 0 Å². The van der Waals surface area contributed by atoms with Crippen molar-refractivity contribution in [1.82, 2.24) is 14.8 Å². The molecule has 0 bridgehead atoms. The van der Waals surface area contributed by atoms with E-state index >= 15 is 0 Å². The fourth-order valence-electron chi connectivity index (χ4n) is 1.57. The third kappa shape index (κ3) is 2.94. The molecular formula is C12H15N3OS. The van der Waals surface area contributed by atoms with Crippen molar-refractivity contribution in [3.05, 3.63) is 40.4 Å². The fourth-order valence-corrected chi connectivity index (χ4v) is 1.72. The van der Waals surface area contributed by atoms with Crippen LogP contribution in [0.4, 0.5) is 0 Å². The normalized spacial score (nSPS) is 10.5. The van der Waals surface area contributed by atoms with Crippen LogP contribution in [-0.4, -0.2) is 21.4 Å². The summed E-state index contributed by atoms with van der Waals surface area (Å²) in [6, 6.07) is 8.00. The third-order valence-corrected chi connectivity index (χ3v) is 2.92. The van der Waals surface area contributed by atoms with E-state index in [1.54, 1.807) is 0 Å². The van der Waals surface area contributed by atoms with Gasteiger partial charge in [0.2, 0.25) is 0 Å². The van der Waals surface area contributed by atoms with Crippen LogP contribution in [0, 0.1) is 11.7 Å². The van der Waals surface area contributed by atoms with E-state index in [4.69, 9.17) is 17.0 Å². The predicted molar refractivity (Wildman–Crippen MR) is 68.8 cm³/mol. The summed E-state index contributed by atoms with van der Waals surface area (Å²) in [5.74, 6) is 1.80. The van der Waals surface area contributed by atoms with E-state index < -0.39 is 0 Å². The van der Waals surface area contributed by atoms with Gasteiger partial charge in [-0.05, 0) is 36.8 Å². The van der Waals surface area contributed by atoms with Crippen LogP contribution in [-0.2, 0) is 13.5 Å². The van der Waals surface area contributed by atoms with E-state index in [9.17, 15) is 0 Å². The van der Waals surface area contributed by atoms with E-state index in [1.807, 2.05) is 42.8 Å². The van der Waals surface area contributed by atoms with Crippen molar-refractivity contribution in [1.29, 1.82) is 0 Å². The van der Waals surface area contributed by atoms with Crippen molar-refractivity contribution in [2.45, 2.75) is 13.3 Å². The topological polar surface area (TPSA) is 42.8 Å². The van der Waals surface area contributed by atoms with Crippen LogP contribution in [0.25, 0.3) is 0 Å². The van der Waals surface area contributed by atoms with Crippen molar-refractivity contribution in [2.75, 3.05) is 6.61 Å². The molecule has 0 saturated heterocycles. The minimum atomic E-state index is 0.594. The third-order valence-electron chi connectivity index (χ3n) is 2.56. The lowest BCUT2D eigenvalue weighted by atomic mass is 10.2. The van der Waals surface area contributed by atoms with Gasteiger partial charge in [0, 0.05) is 13.5 Å². The maximum Gasteiger partial charge on any atom is 0.194 e. The van der Waals surface area contributed by atoms with E-state index in [0.29, 0.717) is 11.4 Å². The summed E-state index contributed by atoms with van der Waals surface area (Å²) in [6.07, 6.45) is 0.734. The first-order chi connectivity index (χ1) is 8.16. The molecule has 0 aliphatic rings. The Hall–Kier alpha value is -1.62. The molecule has 0 unspecified atom stereocenters. The maximum atomic E-state index is 5.65. The summed E-state index contributed by atoms with van der Waals surface area (Å²) < 4.78 is 8.14. The molecule has 4 nitrogen and oxygen atoms in total. The van der Waals surface area contributed by atoms with Crippen LogP contribution in [0.5, 0.6) is 5.75 Å². The van der Waals surface area contributed by atoms with Gasteiger partial charge in [0.05, 0.1) is 6.61 Å². The number of rotatable bonds is 4. The maximum absolute atomic E-state index is 5.65. The number of hydrogen-bond donors (Lipinski definition) is 1. The van der Waals surface area contributed by atoms with Gasteiger partial charge in [-0.25, -0.2) is 0 Å². The van der Waals surface area contributed by atoms with Crippen molar-refractivity contribution >= 4 is 12.2 Å². The van der Waals surface area contributed by atoms with Crippen molar-refractivity contribution in [3.63, 3.8) is 0 Å². The van der Waals surface area contributed by atoms with Gasteiger partial charge in [-0.15, -0.1) is 0 Å². The zero-order valence-corrected chi connectivity index (χ0v) is 10.8. The SMILES string of the molecule is Cc1cccc(OCCc2n[nH]c(=S)n2C)c1. The van der Waals surface area contributed by atoms with Gasteiger partial charge < -0.3 is 9.30 Å². The molecule has 1 aromatic heterocycles. The summed E-state index contributed by atoms with van der Waals surface area (Å²) in [5, 5.41) is 6.88. The molecule has 0 aliphatic heterocycles. The molecule has 0 radical (unpaired) electrons. The van der Waals surface area contributed by atoms with E-state index in [2.05, 4.69) is 10.2 Å². The second-order valence-corrected chi connectivity index (χ2v) is 4.31. The number of aryl methyl sites for hydroxylation is 1. The average molecular weight is 249 g/mol. The van der Waals surface area contributed by atoms with Gasteiger partial charge in [0.25, 0.3) is 0 Å². The molecule has 1 N–H and O–H groups in total. The molecule has 0 amide bonds. The molecule has 1 heterocycles. The molecule has 0 saturated carbocycles. The van der Waals surface area contributed by atoms with Gasteiger partial charge in [0.15, 0.2) is 4.77 Å². The molecular weight excluding hydrogens is 234 g/mol. The minimum Gasteiger partial charge on any atom is -0.493 e. The monoisotopic (exact) mass is 249 g/mol. The van der Waals surface area contributed by atoms with Crippen molar-refractivity contribution in [2.24, 2.45) is 7.05 Å². The predicted octanol–water partition coefficient (Wildman–Crippen LogP) is 2.41. The zero-order chi connectivity index (χ0) is 12.3. The lowest BCUT2D eigenvalue weighted by molar-refractivity contribution is 0.317. The quantitative estimate of drug-likeness (QED) is 0.846. The first-order valence-electron chi connectivity index (χ1n) is 5.46. The highest BCUT2D eigenvalue weighted by molar-refractivity contribution is 7.71. The summed E-state index contributed by atoms with van der Waals surface area (Å²) in [6.45, 7) is 2.64. The molecule has 2 rings (SSSR count). The van der Waals surface area contributed by atoms with Crippen LogP contribution in [0.1, 0.15) is 11.4 Å². The van der Waals surface area contributed by atoms with E-state index in [-0.39, 0.29) is 0 Å². The Kier molecular flexibility index (Phi) is 3.58. The second kappa shape index (κ2) is 5.14. The Bertz CT molecular complexity index is 559. The minimum absolute atomic E-state index is 0.594. The number of aromatic nitrogens is 3. The standard InChI is InChI=1S/C12H15N3OS/c1-9-4-3-5-10(8-9)16-7-6-11-13-14-12(17)15(11)2/h3-5,8H,6-7H2,1-2H3,(H,14,17). The number of ether oxygens (including phenoxy) is 1. The number of benzene rings is 1. The number of nitrogens with zero attached hydrogens (tertiary/aromatic N) is 2. The Morgan fingerprint density at radius 3 is 2.94 bits per heavy atom. The zero-order valence-electron chi connectivity index (χ0n) is 9.93. The highest BCUT2D eigenvalue weighted by Crippen LogP contribution is 2.12. The first-order valence-corrected chi connectivity index (χ1v) is 5.87. The van der Waals surface area contributed by atoms with Crippen LogP contribution < -0.4 is 4.74 Å². The average Bonchev–Trinajstić information content (AvgIpc) is 2.61. The highest BCUT2D eigenvalue weighted by atomic mass is 32.1. The number of aromatic amines is 1. The van der Waals surface area contributed by atoms with Crippen molar-refractivity contribution < 1.29 is 4.74 Å². The number of H-pyrrole nitrogens is 1. The highest BCUT2D eigenvalue weighted by Gasteiger charge is 2.02. The van der Waals surface area contributed by atoms with Crippen molar-refractivity contribution in [3.8, 4) is 5.75 Å². The molecule has 5 heteroatoms. The molecule has 2 aromatic rings. The van der Waals surface area contributed by atoms with Gasteiger partial charge >= 0.3 is 0 Å². The fraction of sp³-hybridized carbons (Fsp3) is 0.333. The molecule has 17 heavy (non-hydrogen) atoms. The summed E-state index contributed by atoms with van der Waals surface area (Å²) >= 11 is 5.04. The van der Waals surface area contributed by atoms with Gasteiger partial charge in [0.1, 0.15) is 11.6 Å². The van der Waals surface area contributed by atoms with Crippen LogP contribution in [0.2, 0.25) is 0 Å². The molecule has 90 valence electrons. The van der Waals surface area contributed by atoms with Gasteiger partial charge in [-0.2, -0.15) is 5.10 Å². The Labute approximate surface area is 105 Å². The van der Waals surface area contributed by atoms with E-state index in [1.165, 1.54) is 5.56 Å². The van der Waals surface area contributed by atoms with E-state index in [0.717, 1.165) is 18.0 Å². The molecule has 0 atom stereocenters. The Balaban J connectivity index is 1.92. The smallest absolute Gasteiger partial charge is 0.194 e. The first kappa shape index (κ1) is 11.9. The number of hydrogen-bond acceptors (Lipinski definition) is 3. The summed E-state index contributed by atoms with van der Waals surface area (Å²) in [4.78, 5) is 0. The summed E-state index contributed by atoms with van der Waals surface area (Å²) in [5.41, 5.74) is 1.20. The van der Waals surface area contributed by atoms with Gasteiger partial charge in [-0.1, -0.05) is 12.1 Å². The second-order valence-electron chi connectivity index (χ2n) is 3.92. The lowest BCUT2D eigenvalue weighted by Gasteiger charge is -2.06. The molecule has 0 spiro atoms. The molecule has 0 fully saturated rings. The Morgan fingerprint density at radius 1 is 1.47 bits per heavy atom. The molecule has 1 aromatic carbocycles. The van der Waals surface area contributed by atoms with Gasteiger partial charge in [-0.3, -0.25) is 5.10 Å². The number of nitrogens with one attached hydrogen (secondary N) is 1. The van der Waals surface area contributed by atoms with Crippen LogP contribution >= 0.6 is 12.2 Å². The Morgan fingerprint density at radius 2 is 2.29 bits per heavy atom. The molecule has 0 aliphatic carbocycles.